The van der Waals surface area contributed by atoms with Crippen LogP contribution in [-0.4, -0.2) is 65.3 Å². The molecule has 0 aromatic heterocycles. The van der Waals surface area contributed by atoms with E-state index in [2.05, 4.69) is 0 Å². The molecule has 0 radical (unpaired) electrons. The number of aliphatic hydroxyl groups is 1. The zero-order valence-corrected chi connectivity index (χ0v) is 14.2. The Morgan fingerprint density at radius 3 is 1.87 bits per heavy atom. The van der Waals surface area contributed by atoms with Gasteiger partial charge in [-0.1, -0.05) is 13.8 Å². The Morgan fingerprint density at radius 1 is 0.913 bits per heavy atom. The third-order valence-corrected chi connectivity index (χ3v) is 5.11. The van der Waals surface area contributed by atoms with E-state index in [0.717, 1.165) is 12.8 Å². The molecule has 0 aromatic carbocycles. The summed E-state index contributed by atoms with van der Waals surface area (Å²) in [5.41, 5.74) is 0. The quantitative estimate of drug-likeness (QED) is 0.825. The predicted molar refractivity (Wildman–Crippen MR) is 85.5 cm³/mol. The first kappa shape index (κ1) is 17.9. The average molecular weight is 324 g/mol. The van der Waals surface area contributed by atoms with Gasteiger partial charge in [-0.3, -0.25) is 14.4 Å². The van der Waals surface area contributed by atoms with E-state index < -0.39 is 6.61 Å². The zero-order valence-electron chi connectivity index (χ0n) is 14.2. The molecule has 0 aromatic rings. The molecule has 6 nitrogen and oxygen atoms in total. The van der Waals surface area contributed by atoms with Gasteiger partial charge in [-0.2, -0.15) is 0 Å². The van der Waals surface area contributed by atoms with Crippen LogP contribution in [0.1, 0.15) is 39.5 Å². The SMILES string of the molecule is CC(C)C(=O)C1CCN(C(=O)C2CCN(C(=O)CO)CC2)CC1. The lowest BCUT2D eigenvalue weighted by molar-refractivity contribution is -0.143. The number of piperidine rings is 2. The van der Waals surface area contributed by atoms with E-state index in [0.29, 0.717) is 44.8 Å². The molecule has 0 unspecified atom stereocenters. The minimum absolute atomic E-state index is 0.0323. The van der Waals surface area contributed by atoms with E-state index in [1.54, 1.807) is 4.90 Å². The lowest BCUT2D eigenvalue weighted by atomic mass is 9.86. The van der Waals surface area contributed by atoms with Gasteiger partial charge in [0.25, 0.3) is 0 Å². The van der Waals surface area contributed by atoms with E-state index in [1.165, 1.54) is 0 Å². The van der Waals surface area contributed by atoms with Gasteiger partial charge in [0.15, 0.2) is 0 Å². The van der Waals surface area contributed by atoms with Gasteiger partial charge in [0.2, 0.25) is 11.8 Å². The second kappa shape index (κ2) is 7.90. The van der Waals surface area contributed by atoms with Crippen LogP contribution in [0, 0.1) is 17.8 Å². The molecule has 2 fully saturated rings. The van der Waals surface area contributed by atoms with Crippen LogP contribution in [0.4, 0.5) is 0 Å². The number of likely N-dealkylation sites (tertiary alicyclic amines) is 2. The second-order valence-electron chi connectivity index (χ2n) is 6.97. The second-order valence-corrected chi connectivity index (χ2v) is 6.97. The number of hydrogen-bond donors (Lipinski definition) is 1. The average Bonchev–Trinajstić information content (AvgIpc) is 2.60. The van der Waals surface area contributed by atoms with Crippen molar-refractivity contribution in [1.82, 2.24) is 9.80 Å². The molecule has 2 heterocycles. The summed E-state index contributed by atoms with van der Waals surface area (Å²) < 4.78 is 0. The summed E-state index contributed by atoms with van der Waals surface area (Å²) in [6.07, 6.45) is 2.86. The van der Waals surface area contributed by atoms with Crippen molar-refractivity contribution in [3.8, 4) is 0 Å². The van der Waals surface area contributed by atoms with Crippen molar-refractivity contribution in [3.63, 3.8) is 0 Å². The standard InChI is InChI=1S/C17H28N2O4/c1-12(2)16(22)13-3-9-19(10-4-13)17(23)14-5-7-18(8-6-14)15(21)11-20/h12-14,20H,3-11H2,1-2H3. The summed E-state index contributed by atoms with van der Waals surface area (Å²) in [6, 6.07) is 0. The van der Waals surface area contributed by atoms with E-state index in [4.69, 9.17) is 5.11 Å². The minimum Gasteiger partial charge on any atom is -0.387 e. The van der Waals surface area contributed by atoms with Crippen LogP contribution >= 0.6 is 0 Å². The van der Waals surface area contributed by atoms with Gasteiger partial charge < -0.3 is 14.9 Å². The lowest BCUT2D eigenvalue weighted by Crippen LogP contribution is -2.47. The molecule has 6 heteroatoms. The number of carbonyl (C=O) groups is 3. The summed E-state index contributed by atoms with van der Waals surface area (Å²) in [7, 11) is 0. The highest BCUT2D eigenvalue weighted by molar-refractivity contribution is 5.84. The predicted octanol–water partition coefficient (Wildman–Crippen LogP) is 0.681. The molecule has 23 heavy (non-hydrogen) atoms. The van der Waals surface area contributed by atoms with E-state index in [9.17, 15) is 14.4 Å². The molecule has 1 N–H and O–H groups in total. The van der Waals surface area contributed by atoms with Gasteiger partial charge in [0.1, 0.15) is 12.4 Å². The molecule has 0 aliphatic carbocycles. The highest BCUT2D eigenvalue weighted by atomic mass is 16.3. The molecule has 2 saturated heterocycles. The number of amides is 2. The number of hydrogen-bond acceptors (Lipinski definition) is 4. The fourth-order valence-electron chi connectivity index (χ4n) is 3.59. The molecular weight excluding hydrogens is 296 g/mol. The Labute approximate surface area is 137 Å². The van der Waals surface area contributed by atoms with Crippen LogP contribution < -0.4 is 0 Å². The Balaban J connectivity index is 1.80. The zero-order chi connectivity index (χ0) is 17.0. The van der Waals surface area contributed by atoms with Crippen LogP contribution in [0.25, 0.3) is 0 Å². The van der Waals surface area contributed by atoms with E-state index in [-0.39, 0.29) is 29.6 Å². The minimum atomic E-state index is -0.462. The first-order valence-electron chi connectivity index (χ1n) is 8.65. The van der Waals surface area contributed by atoms with Gasteiger partial charge in [-0.15, -0.1) is 0 Å². The number of rotatable bonds is 4. The van der Waals surface area contributed by atoms with Crippen molar-refractivity contribution in [3.05, 3.63) is 0 Å². The summed E-state index contributed by atoms with van der Waals surface area (Å²) in [5.74, 6) is 0.349. The van der Waals surface area contributed by atoms with Crippen LogP contribution in [0.15, 0.2) is 0 Å². The molecule has 0 atom stereocenters. The first-order chi connectivity index (χ1) is 10.9. The summed E-state index contributed by atoms with van der Waals surface area (Å²) in [6.45, 7) is 5.81. The molecule has 2 aliphatic rings. The van der Waals surface area contributed by atoms with Gasteiger partial charge in [0, 0.05) is 43.9 Å². The molecule has 0 saturated carbocycles. The lowest BCUT2D eigenvalue weighted by Gasteiger charge is -2.37. The van der Waals surface area contributed by atoms with Crippen molar-refractivity contribution in [2.45, 2.75) is 39.5 Å². The van der Waals surface area contributed by atoms with Gasteiger partial charge in [0.05, 0.1) is 0 Å². The maximum absolute atomic E-state index is 12.6. The van der Waals surface area contributed by atoms with Crippen molar-refractivity contribution in [2.24, 2.45) is 17.8 Å². The van der Waals surface area contributed by atoms with Gasteiger partial charge in [-0.25, -0.2) is 0 Å². The fourth-order valence-corrected chi connectivity index (χ4v) is 3.59. The molecule has 0 bridgehead atoms. The maximum atomic E-state index is 12.6. The monoisotopic (exact) mass is 324 g/mol. The van der Waals surface area contributed by atoms with E-state index >= 15 is 0 Å². The third kappa shape index (κ3) is 4.31. The Morgan fingerprint density at radius 2 is 1.39 bits per heavy atom. The number of Topliss-reactive ketones (excluding diaryl/α,β-unsaturated/α-hetero) is 1. The van der Waals surface area contributed by atoms with Gasteiger partial charge in [-0.05, 0) is 25.7 Å². The van der Waals surface area contributed by atoms with Gasteiger partial charge >= 0.3 is 0 Å². The fraction of sp³-hybridized carbons (Fsp3) is 0.824. The Hall–Kier alpha value is -1.43. The summed E-state index contributed by atoms with van der Waals surface area (Å²) >= 11 is 0. The third-order valence-electron chi connectivity index (χ3n) is 5.11. The molecule has 130 valence electrons. The molecule has 0 spiro atoms. The van der Waals surface area contributed by atoms with Crippen molar-refractivity contribution in [2.75, 3.05) is 32.8 Å². The summed E-state index contributed by atoms with van der Waals surface area (Å²) in [5, 5.41) is 8.88. The normalized spacial score (nSPS) is 20.9. The van der Waals surface area contributed by atoms with Crippen LogP contribution in [0.2, 0.25) is 0 Å². The largest absolute Gasteiger partial charge is 0.387 e. The molecular formula is C17H28N2O4. The smallest absolute Gasteiger partial charge is 0.248 e. The first-order valence-corrected chi connectivity index (χ1v) is 8.65. The molecule has 2 amide bonds. The summed E-state index contributed by atoms with van der Waals surface area (Å²) in [4.78, 5) is 39.6. The van der Waals surface area contributed by atoms with E-state index in [1.807, 2.05) is 18.7 Å². The molecule has 2 aliphatic heterocycles. The van der Waals surface area contributed by atoms with Crippen molar-refractivity contribution >= 4 is 17.6 Å². The van der Waals surface area contributed by atoms with Crippen LogP contribution in [0.3, 0.4) is 0 Å². The highest BCUT2D eigenvalue weighted by Gasteiger charge is 2.33. The number of aliphatic hydroxyl groups excluding tert-OH is 1. The van der Waals surface area contributed by atoms with Crippen LogP contribution in [-0.2, 0) is 14.4 Å². The van der Waals surface area contributed by atoms with Crippen LogP contribution in [0.5, 0.6) is 0 Å². The number of nitrogens with zero attached hydrogens (tertiary/aromatic N) is 2. The number of ketones is 1. The molecule has 2 rings (SSSR count). The van der Waals surface area contributed by atoms with Crippen molar-refractivity contribution in [1.29, 1.82) is 0 Å². The Kier molecular flexibility index (Phi) is 6.16. The topological polar surface area (TPSA) is 77.9 Å². The number of carbonyl (C=O) groups excluding carboxylic acids is 3. The van der Waals surface area contributed by atoms with Crippen molar-refractivity contribution < 1.29 is 19.5 Å². The Bertz CT molecular complexity index is 448. The maximum Gasteiger partial charge on any atom is 0.248 e. The highest BCUT2D eigenvalue weighted by Crippen LogP contribution is 2.25.